The van der Waals surface area contributed by atoms with Gasteiger partial charge in [-0.2, -0.15) is 0 Å². The highest BCUT2D eigenvalue weighted by Crippen LogP contribution is 2.31. The van der Waals surface area contributed by atoms with Gasteiger partial charge in [0.1, 0.15) is 5.75 Å². The molecule has 1 aromatic heterocycles. The maximum atomic E-state index is 11.0. The summed E-state index contributed by atoms with van der Waals surface area (Å²) in [6.07, 6.45) is 1.64. The minimum Gasteiger partial charge on any atom is -0.478 e. The van der Waals surface area contributed by atoms with Crippen LogP contribution in [-0.4, -0.2) is 16.1 Å². The van der Waals surface area contributed by atoms with Crippen molar-refractivity contribution >= 4 is 21.9 Å². The van der Waals surface area contributed by atoms with Gasteiger partial charge in [0.05, 0.1) is 10.0 Å². The molecule has 98 valence electrons. The van der Waals surface area contributed by atoms with E-state index in [0.29, 0.717) is 11.6 Å². The number of benzene rings is 1. The number of aryl methyl sites for hydroxylation is 2. The van der Waals surface area contributed by atoms with Crippen LogP contribution in [0.4, 0.5) is 0 Å². The monoisotopic (exact) mass is 321 g/mol. The van der Waals surface area contributed by atoms with Crippen LogP contribution in [0.3, 0.4) is 0 Å². The fourth-order valence-corrected chi connectivity index (χ4v) is 1.85. The van der Waals surface area contributed by atoms with Crippen LogP contribution in [0.25, 0.3) is 0 Å². The smallest absolute Gasteiger partial charge is 0.335 e. The highest BCUT2D eigenvalue weighted by Gasteiger charge is 2.11. The van der Waals surface area contributed by atoms with Crippen LogP contribution < -0.4 is 4.74 Å². The molecule has 0 aliphatic heterocycles. The molecule has 1 heterocycles. The van der Waals surface area contributed by atoms with Crippen molar-refractivity contribution in [2.75, 3.05) is 0 Å². The quantitative estimate of drug-likeness (QED) is 0.929. The van der Waals surface area contributed by atoms with Gasteiger partial charge in [0.2, 0.25) is 5.88 Å². The van der Waals surface area contributed by atoms with Crippen molar-refractivity contribution in [1.82, 2.24) is 4.98 Å². The molecule has 0 radical (unpaired) electrons. The van der Waals surface area contributed by atoms with E-state index in [0.717, 1.165) is 15.6 Å². The van der Waals surface area contributed by atoms with E-state index < -0.39 is 5.97 Å². The van der Waals surface area contributed by atoms with Gasteiger partial charge in [-0.15, -0.1) is 0 Å². The fourth-order valence-electron chi connectivity index (χ4n) is 1.53. The number of halogens is 1. The minimum atomic E-state index is -0.985. The molecule has 5 heteroatoms. The van der Waals surface area contributed by atoms with Crippen molar-refractivity contribution in [3.63, 3.8) is 0 Å². The second-order valence-corrected chi connectivity index (χ2v) is 4.93. The van der Waals surface area contributed by atoms with E-state index in [9.17, 15) is 4.79 Å². The number of carboxylic acid groups (broad SMARTS) is 1. The molecule has 2 aromatic rings. The number of hydrogen-bond donors (Lipinski definition) is 1. The van der Waals surface area contributed by atoms with E-state index in [1.165, 1.54) is 6.07 Å². The average Bonchev–Trinajstić information content (AvgIpc) is 2.37. The molecule has 2 rings (SSSR count). The van der Waals surface area contributed by atoms with Crippen LogP contribution in [0, 0.1) is 13.8 Å². The largest absolute Gasteiger partial charge is 0.478 e. The highest BCUT2D eigenvalue weighted by molar-refractivity contribution is 9.10. The van der Waals surface area contributed by atoms with Gasteiger partial charge in [0, 0.05) is 6.20 Å². The van der Waals surface area contributed by atoms with E-state index in [-0.39, 0.29) is 5.56 Å². The van der Waals surface area contributed by atoms with Crippen molar-refractivity contribution in [2.24, 2.45) is 0 Å². The second-order valence-electron chi connectivity index (χ2n) is 4.13. The number of carbonyl (C=O) groups is 1. The first-order chi connectivity index (χ1) is 8.99. The van der Waals surface area contributed by atoms with Crippen LogP contribution in [-0.2, 0) is 0 Å². The zero-order valence-corrected chi connectivity index (χ0v) is 12.1. The van der Waals surface area contributed by atoms with E-state index in [1.807, 2.05) is 19.9 Å². The molecule has 1 N–H and O–H groups in total. The molecular weight excluding hydrogens is 310 g/mol. The Balaban J connectivity index is 2.40. The molecule has 19 heavy (non-hydrogen) atoms. The third-order valence-electron chi connectivity index (χ3n) is 2.69. The number of aromatic nitrogens is 1. The third kappa shape index (κ3) is 2.93. The van der Waals surface area contributed by atoms with Crippen molar-refractivity contribution in [3.05, 3.63) is 51.6 Å². The van der Waals surface area contributed by atoms with E-state index in [2.05, 4.69) is 20.9 Å². The summed E-state index contributed by atoms with van der Waals surface area (Å²) in [6, 6.07) is 6.61. The maximum Gasteiger partial charge on any atom is 0.335 e. The predicted octanol–water partition coefficient (Wildman–Crippen LogP) is 3.95. The van der Waals surface area contributed by atoms with E-state index in [1.54, 1.807) is 18.3 Å². The minimum absolute atomic E-state index is 0.185. The molecule has 0 bridgehead atoms. The second kappa shape index (κ2) is 5.40. The van der Waals surface area contributed by atoms with Gasteiger partial charge in [0.15, 0.2) is 0 Å². The van der Waals surface area contributed by atoms with Crippen LogP contribution >= 0.6 is 15.9 Å². The van der Waals surface area contributed by atoms with Gasteiger partial charge in [-0.1, -0.05) is 6.07 Å². The highest BCUT2D eigenvalue weighted by atomic mass is 79.9. The summed E-state index contributed by atoms with van der Waals surface area (Å²) in [4.78, 5) is 15.1. The predicted molar refractivity (Wildman–Crippen MR) is 74.9 cm³/mol. The Labute approximate surface area is 119 Å². The molecule has 0 unspecified atom stereocenters. The first-order valence-electron chi connectivity index (χ1n) is 5.62. The Morgan fingerprint density at radius 3 is 2.68 bits per heavy atom. The molecule has 0 aliphatic rings. The molecule has 0 spiro atoms. The number of carboxylic acids is 1. The average molecular weight is 322 g/mol. The van der Waals surface area contributed by atoms with Crippen LogP contribution in [0.5, 0.6) is 11.6 Å². The standard InChI is InChI=1S/C14H12BrNO3/c1-8-3-4-10(14(17)18)7-11(8)19-13-12(15)9(2)5-6-16-13/h3-7H,1-2H3,(H,17,18). The Morgan fingerprint density at radius 2 is 2.00 bits per heavy atom. The summed E-state index contributed by atoms with van der Waals surface area (Å²) in [5, 5.41) is 8.98. The molecule has 0 aliphatic carbocycles. The van der Waals surface area contributed by atoms with Crippen molar-refractivity contribution in [1.29, 1.82) is 0 Å². The van der Waals surface area contributed by atoms with Crippen molar-refractivity contribution < 1.29 is 14.6 Å². The zero-order valence-electron chi connectivity index (χ0n) is 10.5. The molecular formula is C14H12BrNO3. The molecule has 1 aromatic carbocycles. The van der Waals surface area contributed by atoms with Crippen molar-refractivity contribution in [3.8, 4) is 11.6 Å². The Bertz CT molecular complexity index is 641. The molecule has 0 saturated carbocycles. The molecule has 0 atom stereocenters. The van der Waals surface area contributed by atoms with E-state index in [4.69, 9.17) is 9.84 Å². The summed E-state index contributed by atoms with van der Waals surface area (Å²) in [7, 11) is 0. The molecule has 4 nitrogen and oxygen atoms in total. The Hall–Kier alpha value is -1.88. The SMILES string of the molecule is Cc1ccc(C(=O)O)cc1Oc1nccc(C)c1Br. The molecule has 0 saturated heterocycles. The third-order valence-corrected chi connectivity index (χ3v) is 3.66. The van der Waals surface area contributed by atoms with Crippen LogP contribution in [0.1, 0.15) is 21.5 Å². The number of nitrogens with zero attached hydrogens (tertiary/aromatic N) is 1. The van der Waals surface area contributed by atoms with Crippen LogP contribution in [0.15, 0.2) is 34.9 Å². The lowest BCUT2D eigenvalue weighted by Gasteiger charge is -2.10. The number of ether oxygens (including phenoxy) is 1. The maximum absolute atomic E-state index is 11.0. The number of aromatic carboxylic acids is 1. The zero-order chi connectivity index (χ0) is 14.0. The topological polar surface area (TPSA) is 59.4 Å². The van der Waals surface area contributed by atoms with Crippen LogP contribution in [0.2, 0.25) is 0 Å². The first kappa shape index (κ1) is 13.5. The number of rotatable bonds is 3. The summed E-state index contributed by atoms with van der Waals surface area (Å²) >= 11 is 3.41. The normalized spacial score (nSPS) is 10.3. The summed E-state index contributed by atoms with van der Waals surface area (Å²) < 4.78 is 6.45. The van der Waals surface area contributed by atoms with Gasteiger partial charge in [0.25, 0.3) is 0 Å². The lowest BCUT2D eigenvalue weighted by atomic mass is 10.1. The number of pyridine rings is 1. The molecule has 0 amide bonds. The summed E-state index contributed by atoms with van der Waals surface area (Å²) in [5.74, 6) is -0.0783. The Morgan fingerprint density at radius 1 is 1.26 bits per heavy atom. The lowest BCUT2D eigenvalue weighted by Crippen LogP contribution is -1.98. The fraction of sp³-hybridized carbons (Fsp3) is 0.143. The summed E-state index contributed by atoms with van der Waals surface area (Å²) in [6.45, 7) is 3.78. The first-order valence-corrected chi connectivity index (χ1v) is 6.41. The van der Waals surface area contributed by atoms with Gasteiger partial charge in [-0.05, 0) is 59.1 Å². The van der Waals surface area contributed by atoms with Gasteiger partial charge >= 0.3 is 5.97 Å². The van der Waals surface area contributed by atoms with Gasteiger partial charge < -0.3 is 9.84 Å². The van der Waals surface area contributed by atoms with Gasteiger partial charge in [-0.25, -0.2) is 9.78 Å². The van der Waals surface area contributed by atoms with Gasteiger partial charge in [-0.3, -0.25) is 0 Å². The number of hydrogen-bond acceptors (Lipinski definition) is 3. The lowest BCUT2D eigenvalue weighted by molar-refractivity contribution is 0.0696. The van der Waals surface area contributed by atoms with Crippen molar-refractivity contribution in [2.45, 2.75) is 13.8 Å². The molecule has 0 fully saturated rings. The Kier molecular flexibility index (Phi) is 3.85. The summed E-state index contributed by atoms with van der Waals surface area (Å²) in [5.41, 5.74) is 2.03. The van der Waals surface area contributed by atoms with E-state index >= 15 is 0 Å².